The van der Waals surface area contributed by atoms with Gasteiger partial charge in [0.25, 0.3) is 0 Å². The zero-order valence-corrected chi connectivity index (χ0v) is 8.89. The Hall–Kier alpha value is -0.610. The van der Waals surface area contributed by atoms with Crippen molar-refractivity contribution in [1.29, 1.82) is 0 Å². The Bertz CT molecular complexity index is 151. The fourth-order valence-corrected chi connectivity index (χ4v) is 1.39. The largest absolute Gasteiger partial charge is 0.468 e. The molecular weight excluding hydrogens is 168 g/mol. The molecule has 0 aromatic rings. The predicted octanol–water partition coefficient (Wildman–Crippen LogP) is 0.136. The number of carbonyl (C=O) groups excluding carboxylic acids is 1. The van der Waals surface area contributed by atoms with Crippen LogP contribution in [0, 0.1) is 0 Å². The molecule has 0 aromatic carbocycles. The van der Waals surface area contributed by atoms with Crippen molar-refractivity contribution in [3.8, 4) is 0 Å². The Morgan fingerprint density at radius 1 is 1.54 bits per heavy atom. The number of ether oxygens (including phenoxy) is 1. The van der Waals surface area contributed by atoms with E-state index in [2.05, 4.69) is 15.4 Å². The van der Waals surface area contributed by atoms with Crippen molar-refractivity contribution in [3.05, 3.63) is 0 Å². The van der Waals surface area contributed by atoms with Crippen molar-refractivity contribution in [2.75, 3.05) is 20.7 Å². The lowest BCUT2D eigenvalue weighted by molar-refractivity contribution is -0.143. The van der Waals surface area contributed by atoms with E-state index in [0.29, 0.717) is 0 Å². The Morgan fingerprint density at radius 3 is 2.62 bits per heavy atom. The van der Waals surface area contributed by atoms with Crippen LogP contribution in [0.4, 0.5) is 0 Å². The van der Waals surface area contributed by atoms with Gasteiger partial charge in [0, 0.05) is 6.04 Å². The summed E-state index contributed by atoms with van der Waals surface area (Å²) in [5.41, 5.74) is 0. The molecule has 0 aliphatic carbocycles. The molecule has 4 nitrogen and oxygen atoms in total. The Balaban J connectivity index is 0.000000671. The predicted molar refractivity (Wildman–Crippen MR) is 52.6 cm³/mol. The molecule has 1 aliphatic rings. The van der Waals surface area contributed by atoms with Crippen molar-refractivity contribution < 1.29 is 9.53 Å². The topological polar surface area (TPSA) is 50.4 Å². The van der Waals surface area contributed by atoms with Gasteiger partial charge in [-0.3, -0.25) is 4.79 Å². The third kappa shape index (κ3) is 3.32. The number of nitrogens with one attached hydrogen (secondary N) is 2. The molecule has 2 unspecified atom stereocenters. The van der Waals surface area contributed by atoms with E-state index < -0.39 is 0 Å². The Morgan fingerprint density at radius 2 is 2.15 bits per heavy atom. The standard InChI is InChI=1S/C7H14N2O2.C2H6/c1-8-5-3-4-9-6(5)7(10)11-2;1-2/h5-6,8-9H,3-4H2,1-2H3;1-2H3. The number of carbonyl (C=O) groups is 1. The van der Waals surface area contributed by atoms with Crippen LogP contribution in [0.3, 0.4) is 0 Å². The van der Waals surface area contributed by atoms with Crippen molar-refractivity contribution in [3.63, 3.8) is 0 Å². The van der Waals surface area contributed by atoms with Gasteiger partial charge in [0.1, 0.15) is 6.04 Å². The molecule has 0 aromatic heterocycles. The summed E-state index contributed by atoms with van der Waals surface area (Å²) in [5.74, 6) is -0.179. The first-order chi connectivity index (χ1) is 6.29. The zero-order valence-electron chi connectivity index (χ0n) is 8.89. The maximum atomic E-state index is 11.1. The monoisotopic (exact) mass is 188 g/mol. The van der Waals surface area contributed by atoms with Gasteiger partial charge in [0.05, 0.1) is 7.11 Å². The molecule has 1 heterocycles. The van der Waals surface area contributed by atoms with Crippen molar-refractivity contribution in [2.45, 2.75) is 32.4 Å². The molecule has 1 rings (SSSR count). The fraction of sp³-hybridized carbons (Fsp3) is 0.889. The van der Waals surface area contributed by atoms with Crippen LogP contribution < -0.4 is 10.6 Å². The van der Waals surface area contributed by atoms with E-state index in [9.17, 15) is 4.79 Å². The average molecular weight is 188 g/mol. The van der Waals surface area contributed by atoms with Gasteiger partial charge in [0.15, 0.2) is 0 Å². The molecule has 1 saturated heterocycles. The molecule has 4 heteroatoms. The first-order valence-corrected chi connectivity index (χ1v) is 4.78. The van der Waals surface area contributed by atoms with Crippen LogP contribution in [-0.2, 0) is 9.53 Å². The van der Waals surface area contributed by atoms with Gasteiger partial charge in [-0.15, -0.1) is 0 Å². The fourth-order valence-electron chi connectivity index (χ4n) is 1.39. The number of likely N-dealkylation sites (N-methyl/N-ethyl adjacent to an activating group) is 1. The molecule has 13 heavy (non-hydrogen) atoms. The second-order valence-electron chi connectivity index (χ2n) is 2.64. The molecule has 0 amide bonds. The summed E-state index contributed by atoms with van der Waals surface area (Å²) in [6.45, 7) is 4.88. The maximum absolute atomic E-state index is 11.1. The lowest BCUT2D eigenvalue weighted by Gasteiger charge is -2.15. The van der Waals surface area contributed by atoms with Gasteiger partial charge in [-0.1, -0.05) is 13.8 Å². The summed E-state index contributed by atoms with van der Waals surface area (Å²) in [6.07, 6.45) is 0.982. The van der Waals surface area contributed by atoms with E-state index in [0.717, 1.165) is 13.0 Å². The number of hydrogen-bond acceptors (Lipinski definition) is 4. The first kappa shape index (κ1) is 12.4. The van der Waals surface area contributed by atoms with E-state index in [-0.39, 0.29) is 18.1 Å². The Kier molecular flexibility index (Phi) is 6.54. The van der Waals surface area contributed by atoms with Gasteiger partial charge in [-0.25, -0.2) is 0 Å². The second-order valence-corrected chi connectivity index (χ2v) is 2.64. The second kappa shape index (κ2) is 6.86. The summed E-state index contributed by atoms with van der Waals surface area (Å²) >= 11 is 0. The van der Waals surface area contributed by atoms with Crippen LogP contribution in [0.15, 0.2) is 0 Å². The van der Waals surface area contributed by atoms with Gasteiger partial charge in [-0.05, 0) is 20.0 Å². The average Bonchev–Trinajstić information content (AvgIpc) is 2.67. The minimum atomic E-state index is -0.179. The third-order valence-electron chi connectivity index (χ3n) is 2.05. The highest BCUT2D eigenvalue weighted by atomic mass is 16.5. The van der Waals surface area contributed by atoms with Gasteiger partial charge in [-0.2, -0.15) is 0 Å². The van der Waals surface area contributed by atoms with E-state index in [1.807, 2.05) is 20.9 Å². The van der Waals surface area contributed by atoms with Crippen molar-refractivity contribution in [1.82, 2.24) is 10.6 Å². The third-order valence-corrected chi connectivity index (χ3v) is 2.05. The van der Waals surface area contributed by atoms with Crippen LogP contribution in [0.2, 0.25) is 0 Å². The molecule has 1 fully saturated rings. The summed E-state index contributed by atoms with van der Waals surface area (Å²) in [6, 6.07) is 0.0625. The van der Waals surface area contributed by atoms with E-state index in [1.165, 1.54) is 7.11 Å². The number of esters is 1. The molecule has 2 atom stereocenters. The number of rotatable bonds is 2. The highest BCUT2D eigenvalue weighted by Crippen LogP contribution is 2.07. The zero-order chi connectivity index (χ0) is 10.3. The number of hydrogen-bond donors (Lipinski definition) is 2. The summed E-state index contributed by atoms with van der Waals surface area (Å²) in [4.78, 5) is 11.1. The molecule has 2 N–H and O–H groups in total. The Labute approximate surface area is 80.0 Å². The molecule has 0 spiro atoms. The van der Waals surface area contributed by atoms with E-state index >= 15 is 0 Å². The van der Waals surface area contributed by atoms with Crippen molar-refractivity contribution >= 4 is 5.97 Å². The normalized spacial score (nSPS) is 26.2. The van der Waals surface area contributed by atoms with Crippen LogP contribution >= 0.6 is 0 Å². The lowest BCUT2D eigenvalue weighted by Crippen LogP contribution is -2.45. The van der Waals surface area contributed by atoms with Gasteiger partial charge < -0.3 is 15.4 Å². The van der Waals surface area contributed by atoms with Crippen LogP contribution in [0.25, 0.3) is 0 Å². The summed E-state index contributed by atoms with van der Waals surface area (Å²) in [7, 11) is 3.27. The molecule has 78 valence electrons. The molecule has 0 bridgehead atoms. The minimum absolute atomic E-state index is 0.162. The SMILES string of the molecule is CC.CNC1CCNC1C(=O)OC. The smallest absolute Gasteiger partial charge is 0.324 e. The number of methoxy groups -OCH3 is 1. The van der Waals surface area contributed by atoms with Crippen LogP contribution in [-0.4, -0.2) is 38.8 Å². The van der Waals surface area contributed by atoms with Gasteiger partial charge >= 0.3 is 5.97 Å². The lowest BCUT2D eigenvalue weighted by atomic mass is 10.1. The van der Waals surface area contributed by atoms with E-state index in [4.69, 9.17) is 0 Å². The van der Waals surface area contributed by atoms with E-state index in [1.54, 1.807) is 0 Å². The molecule has 0 saturated carbocycles. The molecule has 0 radical (unpaired) electrons. The highest BCUT2D eigenvalue weighted by Gasteiger charge is 2.31. The summed E-state index contributed by atoms with van der Waals surface area (Å²) in [5, 5.41) is 6.14. The molecule has 1 aliphatic heterocycles. The minimum Gasteiger partial charge on any atom is -0.468 e. The maximum Gasteiger partial charge on any atom is 0.324 e. The van der Waals surface area contributed by atoms with Crippen LogP contribution in [0.5, 0.6) is 0 Å². The highest BCUT2D eigenvalue weighted by molar-refractivity contribution is 5.77. The quantitative estimate of drug-likeness (QED) is 0.605. The van der Waals surface area contributed by atoms with Gasteiger partial charge in [0.2, 0.25) is 0 Å². The van der Waals surface area contributed by atoms with Crippen molar-refractivity contribution in [2.24, 2.45) is 0 Å². The first-order valence-electron chi connectivity index (χ1n) is 4.78. The molecular formula is C9H20N2O2. The summed E-state index contributed by atoms with van der Waals surface area (Å²) < 4.78 is 4.62. The van der Waals surface area contributed by atoms with Crippen LogP contribution in [0.1, 0.15) is 20.3 Å².